The van der Waals surface area contributed by atoms with Crippen LogP contribution in [-0.4, -0.2) is 0 Å². The van der Waals surface area contributed by atoms with Crippen molar-refractivity contribution in [2.45, 2.75) is 0 Å². The van der Waals surface area contributed by atoms with Gasteiger partial charge >= 0.3 is 0 Å². The summed E-state index contributed by atoms with van der Waals surface area (Å²) in [6.45, 7) is 0. The third-order valence-electron chi connectivity index (χ3n) is 9.88. The van der Waals surface area contributed by atoms with Gasteiger partial charge in [0.15, 0.2) is 14.3 Å². The summed E-state index contributed by atoms with van der Waals surface area (Å²) in [5, 5.41) is 4.46. The van der Waals surface area contributed by atoms with Crippen LogP contribution in [0.25, 0.3) is 11.1 Å². The molecule has 0 amide bonds. The summed E-state index contributed by atoms with van der Waals surface area (Å²) in [7, 11) is -6.81. The second kappa shape index (κ2) is 16.0. The lowest BCUT2D eigenvalue weighted by atomic mass is 9.93. The largest absolute Gasteiger partial charge is 0.309 e. The molecule has 8 aromatic carbocycles. The predicted octanol–water partition coefficient (Wildman–Crippen LogP) is 10.1. The van der Waals surface area contributed by atoms with E-state index in [2.05, 4.69) is 42.1 Å². The molecule has 8 aromatic rings. The molecule has 0 spiro atoms. The van der Waals surface area contributed by atoms with Crippen molar-refractivity contribution in [1.29, 1.82) is 0 Å². The highest BCUT2D eigenvalue weighted by Crippen LogP contribution is 2.47. The lowest BCUT2D eigenvalue weighted by molar-refractivity contribution is 0.591. The SMILES string of the molecule is O=P(c1ccccc1)(c1ccccc1)c1ccccc1C(=C=C(c1ccccc1)c1ccccc1P(=O)(c1ccccc1)c1ccccc1)c1ccccc1. The number of hydrogen-bond acceptors (Lipinski definition) is 2. The fourth-order valence-corrected chi connectivity index (χ4v) is 13.0. The lowest BCUT2D eigenvalue weighted by Gasteiger charge is -2.24. The molecule has 0 bridgehead atoms. The van der Waals surface area contributed by atoms with E-state index in [4.69, 9.17) is 0 Å². The Morgan fingerprint density at radius 1 is 0.291 bits per heavy atom. The minimum absolute atomic E-state index is 0.721. The van der Waals surface area contributed by atoms with Crippen LogP contribution in [0.15, 0.2) is 236 Å². The summed E-state index contributed by atoms with van der Waals surface area (Å²) in [4.78, 5) is 0. The van der Waals surface area contributed by atoms with Crippen LogP contribution in [0, 0.1) is 0 Å². The molecule has 0 aliphatic carbocycles. The Morgan fingerprint density at radius 3 is 0.818 bits per heavy atom. The molecule has 55 heavy (non-hydrogen) atoms. The van der Waals surface area contributed by atoms with Crippen molar-refractivity contribution in [3.63, 3.8) is 0 Å². The van der Waals surface area contributed by atoms with Gasteiger partial charge in [-0.3, -0.25) is 0 Å². The monoisotopic (exact) mass is 744 g/mol. The van der Waals surface area contributed by atoms with E-state index in [0.717, 1.165) is 65.2 Å². The molecule has 0 aliphatic heterocycles. The first-order chi connectivity index (χ1) is 27.1. The Balaban J connectivity index is 1.50. The van der Waals surface area contributed by atoms with Gasteiger partial charge in [0.1, 0.15) is 0 Å². The number of rotatable bonds is 10. The molecule has 0 saturated heterocycles. The Morgan fingerprint density at radius 2 is 0.527 bits per heavy atom. The summed E-state index contributed by atoms with van der Waals surface area (Å²) in [6.07, 6.45) is 0. The highest BCUT2D eigenvalue weighted by atomic mass is 31.2. The van der Waals surface area contributed by atoms with Crippen LogP contribution in [0.4, 0.5) is 0 Å². The third-order valence-corrected chi connectivity index (χ3v) is 16.1. The standard InChI is InChI=1S/C51H38O2P2/c52-54(42-27-11-3-12-28-42,43-29-13-4-14-30-43)50-37-21-19-35-46(50)48(40-23-7-1-8-24-40)39-49(41-25-9-2-10-26-41)47-36-20-22-38-51(47)55(53,44-31-15-5-16-32-44)45-33-17-6-18-34-45/h1-38H. The number of hydrogen-bond donors (Lipinski definition) is 0. The van der Waals surface area contributed by atoms with Gasteiger partial charge in [-0.15, -0.1) is 5.73 Å². The van der Waals surface area contributed by atoms with E-state index < -0.39 is 14.3 Å². The van der Waals surface area contributed by atoms with E-state index in [1.807, 2.05) is 194 Å². The Hall–Kier alpha value is -6.26. The minimum Gasteiger partial charge on any atom is -0.309 e. The Labute approximate surface area is 323 Å². The van der Waals surface area contributed by atoms with Gasteiger partial charge < -0.3 is 9.13 Å². The molecule has 0 saturated carbocycles. The maximum Gasteiger partial charge on any atom is 0.171 e. The molecule has 0 aliphatic rings. The molecule has 0 atom stereocenters. The Kier molecular flexibility index (Phi) is 10.4. The predicted molar refractivity (Wildman–Crippen MR) is 233 cm³/mol. The zero-order chi connectivity index (χ0) is 37.5. The molecule has 8 rings (SSSR count). The van der Waals surface area contributed by atoms with Crippen LogP contribution in [0.1, 0.15) is 22.3 Å². The van der Waals surface area contributed by atoms with Gasteiger partial charge in [-0.05, 0) is 11.1 Å². The van der Waals surface area contributed by atoms with Gasteiger partial charge in [0.2, 0.25) is 0 Å². The number of benzene rings is 8. The highest BCUT2D eigenvalue weighted by molar-refractivity contribution is 7.85. The van der Waals surface area contributed by atoms with Crippen LogP contribution in [0.3, 0.4) is 0 Å². The van der Waals surface area contributed by atoms with E-state index in [0.29, 0.717) is 0 Å². The smallest absolute Gasteiger partial charge is 0.171 e. The maximum atomic E-state index is 16.0. The molecule has 0 aromatic heterocycles. The zero-order valence-corrected chi connectivity index (χ0v) is 31.9. The van der Waals surface area contributed by atoms with Gasteiger partial charge in [0, 0.05) is 54.1 Å². The molecular weight excluding hydrogens is 707 g/mol. The van der Waals surface area contributed by atoms with Crippen molar-refractivity contribution < 1.29 is 9.13 Å². The third kappa shape index (κ3) is 6.97. The molecule has 264 valence electrons. The average Bonchev–Trinajstić information content (AvgIpc) is 3.28. The quantitative estimate of drug-likeness (QED) is 0.103. The molecule has 0 unspecified atom stereocenters. The first kappa shape index (κ1) is 35.8. The molecule has 0 radical (unpaired) electrons. The van der Waals surface area contributed by atoms with E-state index >= 15 is 9.13 Å². The van der Waals surface area contributed by atoms with E-state index in [1.165, 1.54) is 0 Å². The first-order valence-corrected chi connectivity index (χ1v) is 21.7. The normalized spacial score (nSPS) is 11.3. The lowest BCUT2D eigenvalue weighted by Crippen LogP contribution is -2.27. The second-order valence-corrected chi connectivity index (χ2v) is 18.7. The fraction of sp³-hybridized carbons (Fsp3) is 0. The van der Waals surface area contributed by atoms with Crippen LogP contribution in [-0.2, 0) is 9.13 Å². The molecule has 4 heteroatoms. The summed E-state index contributed by atoms with van der Waals surface area (Å²) < 4.78 is 32.0. The van der Waals surface area contributed by atoms with Gasteiger partial charge in [-0.25, -0.2) is 0 Å². The topological polar surface area (TPSA) is 34.1 Å². The van der Waals surface area contributed by atoms with Crippen molar-refractivity contribution in [3.05, 3.63) is 259 Å². The van der Waals surface area contributed by atoms with Crippen molar-refractivity contribution >= 4 is 57.3 Å². The second-order valence-electron chi connectivity index (χ2n) is 13.2. The molecular formula is C51H38O2P2. The van der Waals surface area contributed by atoms with Crippen LogP contribution in [0.5, 0.6) is 0 Å². The van der Waals surface area contributed by atoms with Crippen LogP contribution >= 0.6 is 14.3 Å². The first-order valence-electron chi connectivity index (χ1n) is 18.3. The van der Waals surface area contributed by atoms with Gasteiger partial charge in [-0.2, -0.15) is 0 Å². The van der Waals surface area contributed by atoms with Crippen LogP contribution in [0.2, 0.25) is 0 Å². The van der Waals surface area contributed by atoms with Crippen molar-refractivity contribution in [1.82, 2.24) is 0 Å². The summed E-state index contributed by atoms with van der Waals surface area (Å²) in [5.74, 6) is 0. The molecule has 0 N–H and O–H groups in total. The van der Waals surface area contributed by atoms with E-state index in [-0.39, 0.29) is 0 Å². The van der Waals surface area contributed by atoms with Crippen molar-refractivity contribution in [2.24, 2.45) is 0 Å². The summed E-state index contributed by atoms with van der Waals surface area (Å²) in [5.41, 5.74) is 8.97. The van der Waals surface area contributed by atoms with Crippen molar-refractivity contribution in [2.75, 3.05) is 0 Å². The molecule has 0 heterocycles. The fourth-order valence-electron chi connectivity index (χ4n) is 7.25. The zero-order valence-electron chi connectivity index (χ0n) is 30.2. The maximum absolute atomic E-state index is 16.0. The van der Waals surface area contributed by atoms with E-state index in [1.54, 1.807) is 0 Å². The Bertz CT molecular complexity index is 2430. The molecule has 2 nitrogen and oxygen atoms in total. The average molecular weight is 745 g/mol. The summed E-state index contributed by atoms with van der Waals surface area (Å²) in [6, 6.07) is 75.5. The van der Waals surface area contributed by atoms with Gasteiger partial charge in [0.05, 0.1) is 0 Å². The van der Waals surface area contributed by atoms with Crippen LogP contribution < -0.4 is 31.8 Å². The van der Waals surface area contributed by atoms with Gasteiger partial charge in [0.25, 0.3) is 0 Å². The minimum atomic E-state index is -3.41. The van der Waals surface area contributed by atoms with E-state index in [9.17, 15) is 0 Å². The summed E-state index contributed by atoms with van der Waals surface area (Å²) >= 11 is 0. The van der Waals surface area contributed by atoms with Crippen molar-refractivity contribution in [3.8, 4) is 0 Å². The highest BCUT2D eigenvalue weighted by Gasteiger charge is 2.34. The molecule has 0 fully saturated rings. The van der Waals surface area contributed by atoms with Gasteiger partial charge in [-0.1, -0.05) is 231 Å².